The van der Waals surface area contributed by atoms with Crippen LogP contribution in [0.3, 0.4) is 0 Å². The molecular formula is C13H14N6O. The average Bonchev–Trinajstić information content (AvgIpc) is 3.06. The number of carbonyl (C=O) groups is 1. The summed E-state index contributed by atoms with van der Waals surface area (Å²) >= 11 is 0. The summed E-state index contributed by atoms with van der Waals surface area (Å²) in [6.07, 6.45) is 4.98. The summed E-state index contributed by atoms with van der Waals surface area (Å²) in [7, 11) is 1.78. The van der Waals surface area contributed by atoms with Crippen LogP contribution in [0.5, 0.6) is 0 Å². The highest BCUT2D eigenvalue weighted by atomic mass is 16.2. The molecule has 1 unspecified atom stereocenters. The van der Waals surface area contributed by atoms with Crippen molar-refractivity contribution in [2.24, 2.45) is 12.8 Å². The summed E-state index contributed by atoms with van der Waals surface area (Å²) in [5.41, 5.74) is 8.14. The van der Waals surface area contributed by atoms with Crippen molar-refractivity contribution >= 4 is 22.5 Å². The number of aromatic nitrogens is 4. The monoisotopic (exact) mass is 270 g/mol. The predicted molar refractivity (Wildman–Crippen MR) is 74.9 cm³/mol. The van der Waals surface area contributed by atoms with Crippen molar-refractivity contribution in [3.05, 3.63) is 42.4 Å². The van der Waals surface area contributed by atoms with Crippen LogP contribution in [0.4, 0.5) is 5.69 Å². The minimum absolute atomic E-state index is 0.285. The summed E-state index contributed by atoms with van der Waals surface area (Å²) in [5.74, 6) is -0.285. The van der Waals surface area contributed by atoms with Gasteiger partial charge in [0.25, 0.3) is 0 Å². The van der Waals surface area contributed by atoms with E-state index in [1.54, 1.807) is 30.3 Å². The molecule has 2 heterocycles. The zero-order valence-electron chi connectivity index (χ0n) is 10.9. The van der Waals surface area contributed by atoms with E-state index in [2.05, 4.69) is 20.6 Å². The van der Waals surface area contributed by atoms with Gasteiger partial charge in [0.15, 0.2) is 0 Å². The van der Waals surface area contributed by atoms with Gasteiger partial charge in [-0.2, -0.15) is 10.2 Å². The number of amides is 1. The molecule has 0 radical (unpaired) electrons. The Labute approximate surface area is 114 Å². The molecular weight excluding hydrogens is 256 g/mol. The highest BCUT2D eigenvalue weighted by molar-refractivity contribution is 6.02. The van der Waals surface area contributed by atoms with Crippen LogP contribution in [-0.4, -0.2) is 25.9 Å². The molecule has 0 spiro atoms. The van der Waals surface area contributed by atoms with Crippen LogP contribution in [-0.2, 0) is 11.8 Å². The van der Waals surface area contributed by atoms with Crippen LogP contribution in [0.2, 0.25) is 0 Å². The number of fused-ring (bicyclic) bond motifs is 1. The topological polar surface area (TPSA) is 102 Å². The average molecular weight is 270 g/mol. The lowest BCUT2D eigenvalue weighted by Crippen LogP contribution is -2.27. The maximum absolute atomic E-state index is 12.2. The Hall–Kier alpha value is -2.67. The van der Waals surface area contributed by atoms with E-state index in [0.717, 1.165) is 10.9 Å². The Morgan fingerprint density at radius 3 is 3.05 bits per heavy atom. The van der Waals surface area contributed by atoms with Crippen LogP contribution in [0.1, 0.15) is 11.6 Å². The Morgan fingerprint density at radius 1 is 1.45 bits per heavy atom. The second-order valence-electron chi connectivity index (χ2n) is 4.55. The van der Waals surface area contributed by atoms with Crippen LogP contribution >= 0.6 is 0 Å². The molecule has 0 aliphatic carbocycles. The number of nitrogens with one attached hydrogen (secondary N) is 2. The molecule has 3 aromatic rings. The number of aromatic amines is 1. The molecule has 7 heteroatoms. The van der Waals surface area contributed by atoms with Crippen molar-refractivity contribution in [2.45, 2.75) is 6.04 Å². The van der Waals surface area contributed by atoms with E-state index in [1.807, 2.05) is 18.2 Å². The predicted octanol–water partition coefficient (Wildman–Crippen LogP) is 0.935. The molecule has 4 N–H and O–H groups in total. The molecule has 7 nitrogen and oxygen atoms in total. The summed E-state index contributed by atoms with van der Waals surface area (Å²) in [5, 5.41) is 14.5. The number of nitrogens with two attached hydrogens (primary N) is 1. The van der Waals surface area contributed by atoms with Gasteiger partial charge in [-0.15, -0.1) is 0 Å². The van der Waals surface area contributed by atoms with Crippen molar-refractivity contribution in [1.82, 2.24) is 20.0 Å². The second kappa shape index (κ2) is 4.78. The minimum atomic E-state index is -0.758. The van der Waals surface area contributed by atoms with E-state index in [4.69, 9.17) is 5.73 Å². The van der Waals surface area contributed by atoms with Gasteiger partial charge in [-0.1, -0.05) is 6.07 Å². The fraction of sp³-hybridized carbons (Fsp3) is 0.154. The molecule has 0 aliphatic rings. The first kappa shape index (κ1) is 12.4. The highest BCUT2D eigenvalue weighted by Gasteiger charge is 2.18. The molecule has 1 aromatic carbocycles. The van der Waals surface area contributed by atoms with Gasteiger partial charge < -0.3 is 11.1 Å². The first-order valence-corrected chi connectivity index (χ1v) is 6.12. The largest absolute Gasteiger partial charge is 0.324 e. The van der Waals surface area contributed by atoms with Crippen molar-refractivity contribution in [1.29, 1.82) is 0 Å². The van der Waals surface area contributed by atoms with Crippen molar-refractivity contribution in [3.63, 3.8) is 0 Å². The van der Waals surface area contributed by atoms with Crippen molar-refractivity contribution < 1.29 is 4.79 Å². The standard InChI is InChI=1S/C13H14N6O/c1-19-7-8(5-16-19)12(14)13(20)17-10-3-2-4-11-9(10)6-15-18-11/h2-7,12H,14H2,1H3,(H,15,18)(H,17,20). The van der Waals surface area contributed by atoms with Crippen LogP contribution < -0.4 is 11.1 Å². The molecule has 0 saturated carbocycles. The van der Waals surface area contributed by atoms with Crippen molar-refractivity contribution in [2.75, 3.05) is 5.32 Å². The van der Waals surface area contributed by atoms with Gasteiger partial charge >= 0.3 is 0 Å². The van der Waals surface area contributed by atoms with Gasteiger partial charge in [0.1, 0.15) is 6.04 Å². The number of benzene rings is 1. The maximum atomic E-state index is 12.2. The number of H-pyrrole nitrogens is 1. The van der Waals surface area contributed by atoms with E-state index in [-0.39, 0.29) is 5.91 Å². The van der Waals surface area contributed by atoms with E-state index in [0.29, 0.717) is 11.3 Å². The summed E-state index contributed by atoms with van der Waals surface area (Å²) < 4.78 is 1.61. The fourth-order valence-corrected chi connectivity index (χ4v) is 2.04. The maximum Gasteiger partial charge on any atom is 0.246 e. The zero-order valence-corrected chi connectivity index (χ0v) is 10.9. The Morgan fingerprint density at radius 2 is 2.30 bits per heavy atom. The number of nitrogens with zero attached hydrogens (tertiary/aromatic N) is 3. The third-order valence-electron chi connectivity index (χ3n) is 3.11. The number of anilines is 1. The van der Waals surface area contributed by atoms with Crippen LogP contribution in [0.15, 0.2) is 36.8 Å². The number of hydrogen-bond donors (Lipinski definition) is 3. The van der Waals surface area contributed by atoms with Crippen LogP contribution in [0.25, 0.3) is 10.9 Å². The third kappa shape index (κ3) is 2.14. The number of aryl methyl sites for hydroxylation is 1. The summed E-state index contributed by atoms with van der Waals surface area (Å²) in [4.78, 5) is 12.2. The third-order valence-corrected chi connectivity index (χ3v) is 3.11. The van der Waals surface area contributed by atoms with Crippen molar-refractivity contribution in [3.8, 4) is 0 Å². The van der Waals surface area contributed by atoms with Crippen LogP contribution in [0, 0.1) is 0 Å². The van der Waals surface area contributed by atoms with Gasteiger partial charge in [-0.25, -0.2) is 0 Å². The minimum Gasteiger partial charge on any atom is -0.324 e. The quantitative estimate of drug-likeness (QED) is 0.659. The molecule has 0 saturated heterocycles. The molecule has 1 atom stereocenters. The molecule has 0 fully saturated rings. The Bertz CT molecular complexity index is 759. The smallest absolute Gasteiger partial charge is 0.246 e. The molecule has 2 aromatic heterocycles. The molecule has 0 aliphatic heterocycles. The lowest BCUT2D eigenvalue weighted by Gasteiger charge is -2.11. The van der Waals surface area contributed by atoms with E-state index < -0.39 is 6.04 Å². The van der Waals surface area contributed by atoms with Gasteiger partial charge in [-0.05, 0) is 12.1 Å². The molecule has 3 rings (SSSR count). The van der Waals surface area contributed by atoms with Gasteiger partial charge in [0, 0.05) is 24.2 Å². The van der Waals surface area contributed by atoms with Gasteiger partial charge in [0.2, 0.25) is 5.91 Å². The van der Waals surface area contributed by atoms with E-state index >= 15 is 0 Å². The molecule has 1 amide bonds. The van der Waals surface area contributed by atoms with Gasteiger partial charge in [-0.3, -0.25) is 14.6 Å². The normalized spacial score (nSPS) is 12.5. The summed E-state index contributed by atoms with van der Waals surface area (Å²) in [6, 6.07) is 4.78. The van der Waals surface area contributed by atoms with Gasteiger partial charge in [0.05, 0.1) is 23.6 Å². The lowest BCUT2D eigenvalue weighted by molar-refractivity contribution is -0.117. The SMILES string of the molecule is Cn1cc(C(N)C(=O)Nc2cccc3[nH]ncc23)cn1. The number of hydrogen-bond acceptors (Lipinski definition) is 4. The highest BCUT2D eigenvalue weighted by Crippen LogP contribution is 2.22. The summed E-state index contributed by atoms with van der Waals surface area (Å²) in [6.45, 7) is 0. The Balaban J connectivity index is 1.84. The molecule has 0 bridgehead atoms. The first-order chi connectivity index (χ1) is 9.65. The second-order valence-corrected chi connectivity index (χ2v) is 4.55. The van der Waals surface area contributed by atoms with E-state index in [9.17, 15) is 4.79 Å². The number of carbonyl (C=O) groups excluding carboxylic acids is 1. The fourth-order valence-electron chi connectivity index (χ4n) is 2.04. The van der Waals surface area contributed by atoms with E-state index in [1.165, 1.54) is 0 Å². The lowest BCUT2D eigenvalue weighted by atomic mass is 10.1. The molecule has 20 heavy (non-hydrogen) atoms. The molecule has 102 valence electrons. The first-order valence-electron chi connectivity index (χ1n) is 6.12. The number of rotatable bonds is 3. The Kier molecular flexibility index (Phi) is 2.96. The zero-order chi connectivity index (χ0) is 14.1.